The summed E-state index contributed by atoms with van der Waals surface area (Å²) >= 11 is 0. The monoisotopic (exact) mass is 440 g/mol. The van der Waals surface area contributed by atoms with E-state index in [4.69, 9.17) is 0 Å². The maximum atomic E-state index is 13.8. The zero-order valence-electron chi connectivity index (χ0n) is 16.1. The number of nitrogens with one attached hydrogen (secondary N) is 2. The van der Waals surface area contributed by atoms with Crippen LogP contribution in [0.25, 0.3) is 5.57 Å². The molecule has 9 nitrogen and oxygen atoms in total. The minimum atomic E-state index is -0.985. The van der Waals surface area contributed by atoms with E-state index in [1.165, 1.54) is 54.7 Å². The summed E-state index contributed by atoms with van der Waals surface area (Å²) in [5.41, 5.74) is 0.103. The second kappa shape index (κ2) is 9.43. The van der Waals surface area contributed by atoms with Crippen molar-refractivity contribution in [2.75, 3.05) is 5.32 Å². The van der Waals surface area contributed by atoms with Crippen LogP contribution >= 0.6 is 0 Å². The van der Waals surface area contributed by atoms with E-state index in [1.807, 2.05) is 0 Å². The van der Waals surface area contributed by atoms with Gasteiger partial charge in [-0.25, -0.2) is 13.6 Å². The number of carbonyl (C=O) groups is 1. The predicted molar refractivity (Wildman–Crippen MR) is 112 cm³/mol. The molecule has 3 aromatic carbocycles. The van der Waals surface area contributed by atoms with Gasteiger partial charge in [0.1, 0.15) is 11.6 Å². The molecule has 0 aliphatic rings. The lowest BCUT2D eigenvalue weighted by Crippen LogP contribution is -2.25. The van der Waals surface area contributed by atoms with Crippen LogP contribution in [-0.2, 0) is 0 Å². The van der Waals surface area contributed by atoms with Crippen LogP contribution in [-0.4, -0.2) is 15.9 Å². The predicted octanol–water partition coefficient (Wildman–Crippen LogP) is 4.99. The number of halogens is 2. The molecule has 2 amide bonds. The van der Waals surface area contributed by atoms with Crippen LogP contribution in [0.3, 0.4) is 0 Å². The first-order valence-electron chi connectivity index (χ1n) is 8.97. The Morgan fingerprint density at radius 3 is 1.91 bits per heavy atom. The number of hydrogen-bond donors (Lipinski definition) is 2. The maximum Gasteiger partial charge on any atom is 0.323 e. The molecule has 11 heteroatoms. The van der Waals surface area contributed by atoms with Crippen LogP contribution < -0.4 is 10.6 Å². The van der Waals surface area contributed by atoms with E-state index in [-0.39, 0.29) is 22.6 Å². The second-order valence-electron chi connectivity index (χ2n) is 6.40. The summed E-state index contributed by atoms with van der Waals surface area (Å²) in [6.07, 6.45) is 1.18. The molecule has 0 fully saturated rings. The fraction of sp³-hybridized carbons (Fsp3) is 0. The fourth-order valence-corrected chi connectivity index (χ4v) is 2.79. The summed E-state index contributed by atoms with van der Waals surface area (Å²) in [5.74, 6) is -1.80. The smallest absolute Gasteiger partial charge is 0.314 e. The third-order valence-electron chi connectivity index (χ3n) is 4.26. The summed E-state index contributed by atoms with van der Waals surface area (Å²) < 4.78 is 26.8. The van der Waals surface area contributed by atoms with Gasteiger partial charge in [0.15, 0.2) is 0 Å². The van der Waals surface area contributed by atoms with Crippen molar-refractivity contribution in [3.63, 3.8) is 0 Å². The summed E-state index contributed by atoms with van der Waals surface area (Å²) in [6, 6.07) is 12.6. The molecule has 3 aromatic rings. The average Bonchev–Trinajstić information content (AvgIpc) is 2.76. The Morgan fingerprint density at radius 1 is 0.844 bits per heavy atom. The molecule has 32 heavy (non-hydrogen) atoms. The zero-order valence-corrected chi connectivity index (χ0v) is 16.1. The minimum Gasteiger partial charge on any atom is -0.314 e. The van der Waals surface area contributed by atoms with Gasteiger partial charge in [0.25, 0.3) is 11.4 Å². The first-order chi connectivity index (χ1) is 15.2. The number of benzene rings is 3. The Labute approximate surface area is 179 Å². The Hall–Kier alpha value is -4.67. The minimum absolute atomic E-state index is 0.225. The number of urea groups is 1. The molecule has 0 aliphatic carbocycles. The van der Waals surface area contributed by atoms with E-state index >= 15 is 0 Å². The van der Waals surface area contributed by atoms with Crippen LogP contribution in [0.5, 0.6) is 0 Å². The summed E-state index contributed by atoms with van der Waals surface area (Å²) in [5, 5.41) is 26.8. The van der Waals surface area contributed by atoms with Crippen LogP contribution in [0.1, 0.15) is 11.1 Å². The van der Waals surface area contributed by atoms with Gasteiger partial charge in [0, 0.05) is 42.1 Å². The summed E-state index contributed by atoms with van der Waals surface area (Å²) in [6.45, 7) is 0. The molecular weight excluding hydrogens is 426 g/mol. The number of rotatable bonds is 6. The molecule has 0 saturated heterocycles. The van der Waals surface area contributed by atoms with Crippen molar-refractivity contribution >= 4 is 28.7 Å². The molecule has 0 radical (unpaired) electrons. The van der Waals surface area contributed by atoms with Crippen LogP contribution in [0.2, 0.25) is 0 Å². The first kappa shape index (κ1) is 22.0. The van der Waals surface area contributed by atoms with Gasteiger partial charge in [-0.1, -0.05) is 24.3 Å². The molecule has 162 valence electrons. The van der Waals surface area contributed by atoms with Crippen molar-refractivity contribution in [2.45, 2.75) is 0 Å². The summed E-state index contributed by atoms with van der Waals surface area (Å²) in [7, 11) is 0. The van der Waals surface area contributed by atoms with E-state index in [1.54, 1.807) is 0 Å². The zero-order chi connectivity index (χ0) is 23.3. The van der Waals surface area contributed by atoms with Gasteiger partial charge < -0.3 is 10.6 Å². The Morgan fingerprint density at radius 2 is 1.41 bits per heavy atom. The third kappa shape index (κ3) is 5.27. The van der Waals surface area contributed by atoms with Gasteiger partial charge in [0.05, 0.1) is 15.5 Å². The lowest BCUT2D eigenvalue weighted by molar-refractivity contribution is -0.385. The maximum absolute atomic E-state index is 13.8. The number of amides is 2. The van der Waals surface area contributed by atoms with Gasteiger partial charge in [-0.15, -0.1) is 0 Å². The molecule has 3 rings (SSSR count). The largest absolute Gasteiger partial charge is 0.323 e. The highest BCUT2D eigenvalue weighted by Crippen LogP contribution is 2.28. The number of non-ortho nitro benzene ring substituents is 2. The van der Waals surface area contributed by atoms with Gasteiger partial charge in [-0.2, -0.15) is 0 Å². The molecule has 2 N–H and O–H groups in total. The molecule has 0 aliphatic heterocycles. The van der Waals surface area contributed by atoms with E-state index in [0.29, 0.717) is 17.2 Å². The highest BCUT2D eigenvalue weighted by atomic mass is 19.1. The lowest BCUT2D eigenvalue weighted by Gasteiger charge is -2.11. The molecule has 0 heterocycles. The van der Waals surface area contributed by atoms with E-state index in [0.717, 1.165) is 12.1 Å². The Balaban J connectivity index is 1.96. The second-order valence-corrected chi connectivity index (χ2v) is 6.40. The quantitative estimate of drug-likeness (QED) is 0.412. The molecule has 0 spiro atoms. The normalized spacial score (nSPS) is 10.2. The average molecular weight is 440 g/mol. The number of nitro benzene ring substituents is 2. The van der Waals surface area contributed by atoms with Gasteiger partial charge in [-0.05, 0) is 23.3 Å². The van der Waals surface area contributed by atoms with Crippen molar-refractivity contribution in [3.8, 4) is 0 Å². The highest BCUT2D eigenvalue weighted by Gasteiger charge is 2.15. The van der Waals surface area contributed by atoms with Gasteiger partial charge in [-0.3, -0.25) is 20.2 Å². The number of carbonyl (C=O) groups excluding carboxylic acids is 1. The van der Waals surface area contributed by atoms with Gasteiger partial charge in [0.2, 0.25) is 0 Å². The Kier molecular flexibility index (Phi) is 6.49. The molecular formula is C21H14F2N4O5. The van der Waals surface area contributed by atoms with Crippen LogP contribution in [0.15, 0.2) is 72.9 Å². The molecule has 0 saturated carbocycles. The van der Waals surface area contributed by atoms with Crippen LogP contribution in [0, 0.1) is 31.9 Å². The molecule has 0 atom stereocenters. The van der Waals surface area contributed by atoms with E-state index in [9.17, 15) is 33.8 Å². The van der Waals surface area contributed by atoms with Crippen molar-refractivity contribution in [2.24, 2.45) is 0 Å². The van der Waals surface area contributed by atoms with Gasteiger partial charge >= 0.3 is 6.03 Å². The lowest BCUT2D eigenvalue weighted by atomic mass is 9.98. The summed E-state index contributed by atoms with van der Waals surface area (Å²) in [4.78, 5) is 33.3. The van der Waals surface area contributed by atoms with Crippen molar-refractivity contribution in [1.29, 1.82) is 0 Å². The number of nitrogens with zero attached hydrogens (tertiary/aromatic N) is 2. The van der Waals surface area contributed by atoms with E-state index in [2.05, 4.69) is 10.6 Å². The highest BCUT2D eigenvalue weighted by molar-refractivity contribution is 5.92. The first-order valence-corrected chi connectivity index (χ1v) is 8.97. The van der Waals surface area contributed by atoms with Crippen molar-refractivity contribution < 1.29 is 23.4 Å². The number of nitro groups is 2. The number of anilines is 1. The molecule has 0 bridgehead atoms. The SMILES string of the molecule is O=C(NC=C(c1cccc([N+](=O)[O-])c1)c1cccc([N+](=O)[O-])c1)Nc1ccc(F)cc1F. The topological polar surface area (TPSA) is 127 Å². The van der Waals surface area contributed by atoms with Crippen molar-refractivity contribution in [1.82, 2.24) is 5.32 Å². The van der Waals surface area contributed by atoms with Crippen LogP contribution in [0.4, 0.5) is 30.6 Å². The molecule has 0 aromatic heterocycles. The third-order valence-corrected chi connectivity index (χ3v) is 4.26. The Bertz CT molecular complexity index is 1190. The molecule has 0 unspecified atom stereocenters. The van der Waals surface area contributed by atoms with E-state index < -0.39 is 27.5 Å². The standard InChI is InChI=1S/C21H14F2N4O5/c22-15-7-8-20(19(23)11-15)25-21(28)24-12-18(13-3-1-5-16(9-13)26(29)30)14-4-2-6-17(10-14)27(31)32/h1-12H,(H2,24,25,28). The van der Waals surface area contributed by atoms with Crippen molar-refractivity contribution in [3.05, 3.63) is 116 Å². The number of hydrogen-bond acceptors (Lipinski definition) is 5. The fourth-order valence-electron chi connectivity index (χ4n) is 2.79.